The molecule has 8 nitrogen and oxygen atoms in total. The van der Waals surface area contributed by atoms with Crippen molar-refractivity contribution in [3.05, 3.63) is 506 Å². The third-order valence-electron chi connectivity index (χ3n) is 32.3. The van der Waals surface area contributed by atoms with E-state index in [1.165, 1.54) is 132 Å². The summed E-state index contributed by atoms with van der Waals surface area (Å²) in [7, 11) is 0. The van der Waals surface area contributed by atoms with Crippen LogP contribution in [0.4, 0.5) is 0 Å². The lowest BCUT2D eigenvalue weighted by Gasteiger charge is -2.30. The van der Waals surface area contributed by atoms with Crippen molar-refractivity contribution in [2.24, 2.45) is 0 Å². The van der Waals surface area contributed by atoms with E-state index in [0.717, 1.165) is 177 Å². The molecule has 8 heteroatoms. The molecule has 2 spiro atoms. The molecule has 656 valence electrons. The summed E-state index contributed by atoms with van der Waals surface area (Å²) in [6.07, 6.45) is 0. The van der Waals surface area contributed by atoms with Gasteiger partial charge in [-0.05, 0) is 276 Å². The SMILES string of the molecule is c1ccc2c(c1)-c1ccccc1C21c2ccccc2-c2ccc(-n3c4ccc(-c5ccc6c(c5)c5c7ccccc7oc5n6-c5ccc6c(c5)C5(c7ccccc7-c7ccccc75)c5ccccc5-6)cc4c4c5ccccc5oc43)cc21.c1ccc2c(c1)ccc1cc(-n3c4ccc(-c5ccc6c(c5)c5c7ccccc7oc5n6-c5ccc6c(ccc7ccccc76)c5)cc4c4c5ccccc5oc43)ccc12. The van der Waals surface area contributed by atoms with E-state index in [2.05, 4.69) is 467 Å². The zero-order chi connectivity index (χ0) is 92.2. The van der Waals surface area contributed by atoms with Gasteiger partial charge in [0, 0.05) is 65.8 Å². The lowest BCUT2D eigenvalue weighted by Crippen LogP contribution is -2.26. The van der Waals surface area contributed by atoms with Crippen LogP contribution in [0.5, 0.6) is 0 Å². The van der Waals surface area contributed by atoms with Crippen molar-refractivity contribution in [1.82, 2.24) is 18.3 Å². The molecule has 0 N–H and O–H groups in total. The van der Waals surface area contributed by atoms with Gasteiger partial charge in [0.15, 0.2) is 0 Å². The van der Waals surface area contributed by atoms with Gasteiger partial charge in [-0.25, -0.2) is 0 Å². The highest BCUT2D eigenvalue weighted by Crippen LogP contribution is 2.66. The molecule has 8 aromatic heterocycles. The largest absolute Gasteiger partial charge is 0.439 e. The first kappa shape index (κ1) is 76.4. The fraction of sp³-hybridized carbons (Fsp3) is 0.0149. The Morgan fingerprint density at radius 2 is 0.373 bits per heavy atom. The number of nitrogens with zero attached hydrogens (tertiary/aromatic N) is 4. The van der Waals surface area contributed by atoms with Gasteiger partial charge in [-0.3, -0.25) is 18.3 Å². The van der Waals surface area contributed by atoms with E-state index >= 15 is 0 Å². The Bertz CT molecular complexity index is 10200. The van der Waals surface area contributed by atoms with Crippen LogP contribution in [0.25, 0.3) is 264 Å². The highest BCUT2D eigenvalue weighted by atomic mass is 16.4. The second-order valence-corrected chi connectivity index (χ2v) is 39.0. The molecule has 30 aromatic rings. The number of benzene rings is 22. The minimum Gasteiger partial charge on any atom is -0.439 e. The lowest BCUT2D eigenvalue weighted by atomic mass is 9.70. The van der Waals surface area contributed by atoms with Crippen LogP contribution < -0.4 is 0 Å². The van der Waals surface area contributed by atoms with Crippen molar-refractivity contribution in [2.75, 3.05) is 0 Å². The van der Waals surface area contributed by atoms with Crippen molar-refractivity contribution in [3.63, 3.8) is 0 Å². The fourth-order valence-electron chi connectivity index (χ4n) is 26.4. The Balaban J connectivity index is 0.000000132. The normalized spacial score (nSPS) is 13.5. The van der Waals surface area contributed by atoms with Gasteiger partial charge in [0.2, 0.25) is 22.9 Å². The number of furan rings is 4. The summed E-state index contributed by atoms with van der Waals surface area (Å²) in [5.41, 5.74) is 40.1. The van der Waals surface area contributed by atoms with Gasteiger partial charge in [0.1, 0.15) is 22.3 Å². The van der Waals surface area contributed by atoms with Crippen LogP contribution in [-0.4, -0.2) is 18.3 Å². The fourth-order valence-corrected chi connectivity index (χ4v) is 26.4. The summed E-state index contributed by atoms with van der Waals surface area (Å²) in [5.74, 6) is 0. The maximum atomic E-state index is 7.02. The summed E-state index contributed by atoms with van der Waals surface area (Å²) >= 11 is 0. The average molecular weight is 1810 g/mol. The number of rotatable bonds is 6. The Morgan fingerprint density at radius 3 is 0.669 bits per heavy atom. The molecule has 0 bridgehead atoms. The van der Waals surface area contributed by atoms with Crippen LogP contribution in [0, 0.1) is 0 Å². The quantitative estimate of drug-likeness (QED) is 0.156. The molecule has 4 aliphatic carbocycles. The predicted molar refractivity (Wildman–Crippen MR) is 583 cm³/mol. The Morgan fingerprint density at radius 1 is 0.148 bits per heavy atom. The predicted octanol–water partition coefficient (Wildman–Crippen LogP) is 35.4. The molecular formula is C134H76N4O4. The highest BCUT2D eigenvalue weighted by molar-refractivity contribution is 6.26. The summed E-state index contributed by atoms with van der Waals surface area (Å²) in [4.78, 5) is 0. The Labute approximate surface area is 811 Å². The molecule has 0 amide bonds. The number of hydrogen-bond acceptors (Lipinski definition) is 4. The molecule has 0 saturated heterocycles. The molecule has 4 aliphatic rings. The Hall–Kier alpha value is -18.8. The minimum atomic E-state index is -0.468. The molecule has 0 atom stereocenters. The molecule has 0 aliphatic heterocycles. The molecule has 0 unspecified atom stereocenters. The molecular weight excluding hydrogens is 1730 g/mol. The lowest BCUT2D eigenvalue weighted by molar-refractivity contribution is 0.645. The zero-order valence-electron chi connectivity index (χ0n) is 76.3. The minimum absolute atomic E-state index is 0.468. The average Bonchev–Trinajstić information content (AvgIpc) is 1.51. The van der Waals surface area contributed by atoms with Gasteiger partial charge in [-0.2, -0.15) is 0 Å². The second-order valence-electron chi connectivity index (χ2n) is 39.0. The topological polar surface area (TPSA) is 72.3 Å². The maximum absolute atomic E-state index is 7.02. The van der Waals surface area contributed by atoms with Crippen molar-refractivity contribution >= 4 is 175 Å². The van der Waals surface area contributed by atoms with E-state index < -0.39 is 10.8 Å². The molecule has 0 saturated carbocycles. The first-order valence-electron chi connectivity index (χ1n) is 49.0. The van der Waals surface area contributed by atoms with E-state index in [1.54, 1.807) is 0 Å². The van der Waals surface area contributed by atoms with E-state index in [1.807, 2.05) is 12.1 Å². The summed E-state index contributed by atoms with van der Waals surface area (Å²) < 4.78 is 36.8. The van der Waals surface area contributed by atoms with Crippen molar-refractivity contribution in [2.45, 2.75) is 10.8 Å². The summed E-state index contributed by atoms with van der Waals surface area (Å²) in [6, 6.07) is 170. The number of aromatic nitrogens is 4. The second kappa shape index (κ2) is 28.0. The zero-order valence-corrected chi connectivity index (χ0v) is 76.3. The smallest absolute Gasteiger partial charge is 0.213 e. The van der Waals surface area contributed by atoms with Gasteiger partial charge in [-0.15, -0.1) is 0 Å². The van der Waals surface area contributed by atoms with E-state index in [4.69, 9.17) is 17.7 Å². The van der Waals surface area contributed by atoms with Gasteiger partial charge >= 0.3 is 0 Å². The monoisotopic (exact) mass is 1800 g/mol. The van der Waals surface area contributed by atoms with Crippen LogP contribution in [0.1, 0.15) is 44.5 Å². The standard InChI is InChI=1S/C78H44N2O2.C56H32N2O2/c1-9-25-61-49(17-1)50-18-2-10-26-62(50)77(61)65-29-13-5-21-53(65)55-37-35-47(43-67(55)77)79-69-39-33-45(41-59(69)73-57-23-7-15-31-71(57)81-75(73)79)46-34-40-70-60(42-46)74-58-24-8-16-32-72(58)82-76(74)80(70)48-36-38-56-54-22-6-14-30-66(54)78(68(56)44-48)63-27-11-3-19-51(63)52-20-4-12-28-64(52)78;1-3-11-41-33(9-1)17-19-37-29-39(23-25-43(37)41)57-49-27-21-35(31-47(49)53-45-13-5-7-15-51(45)59-55(53)57)36-22-28-50-48(32-36)54-46-14-6-8-16-52(46)60-56(54)58(50)40-24-26-44-38(30-40)20-18-34-10-2-4-12-42(34)44/h1-44H;1-32H. The van der Waals surface area contributed by atoms with Crippen LogP contribution in [0.15, 0.2) is 479 Å². The van der Waals surface area contributed by atoms with Crippen molar-refractivity contribution in [3.8, 4) is 89.5 Å². The highest BCUT2D eigenvalue weighted by Gasteiger charge is 2.54. The third kappa shape index (κ3) is 9.97. The van der Waals surface area contributed by atoms with Gasteiger partial charge < -0.3 is 17.7 Å². The molecule has 0 fully saturated rings. The summed E-state index contributed by atoms with van der Waals surface area (Å²) in [5, 5.41) is 23.4. The molecule has 142 heavy (non-hydrogen) atoms. The van der Waals surface area contributed by atoms with Crippen LogP contribution in [0.3, 0.4) is 0 Å². The van der Waals surface area contributed by atoms with E-state index in [0.29, 0.717) is 0 Å². The van der Waals surface area contributed by atoms with E-state index in [-0.39, 0.29) is 0 Å². The first-order chi connectivity index (χ1) is 70.4. The van der Waals surface area contributed by atoms with Crippen molar-refractivity contribution < 1.29 is 17.7 Å². The molecule has 0 radical (unpaired) electrons. The molecule has 8 heterocycles. The van der Waals surface area contributed by atoms with E-state index in [9.17, 15) is 0 Å². The van der Waals surface area contributed by atoms with Crippen LogP contribution in [-0.2, 0) is 10.8 Å². The number of fused-ring (bicyclic) bond motifs is 46. The summed E-state index contributed by atoms with van der Waals surface area (Å²) in [6.45, 7) is 0. The van der Waals surface area contributed by atoms with Crippen LogP contribution in [0.2, 0.25) is 0 Å². The molecule has 34 rings (SSSR count). The first-order valence-corrected chi connectivity index (χ1v) is 49.0. The third-order valence-corrected chi connectivity index (χ3v) is 32.3. The number of hydrogen-bond donors (Lipinski definition) is 0. The molecule has 22 aromatic carbocycles. The number of para-hydroxylation sites is 4. The van der Waals surface area contributed by atoms with Crippen LogP contribution >= 0.6 is 0 Å². The van der Waals surface area contributed by atoms with Crippen molar-refractivity contribution in [1.29, 1.82) is 0 Å². The van der Waals surface area contributed by atoms with Gasteiger partial charge in [0.05, 0.1) is 54.4 Å². The van der Waals surface area contributed by atoms with Gasteiger partial charge in [-0.1, -0.05) is 340 Å². The van der Waals surface area contributed by atoms with Gasteiger partial charge in [0.25, 0.3) is 0 Å². The maximum Gasteiger partial charge on any atom is 0.213 e. The Kier molecular flexibility index (Phi) is 15.1.